The summed E-state index contributed by atoms with van der Waals surface area (Å²) in [5.41, 5.74) is 1.46. The minimum absolute atomic E-state index is 0.0298. The first-order chi connectivity index (χ1) is 12.3. The molecule has 0 spiro atoms. The lowest BCUT2D eigenvalue weighted by Crippen LogP contribution is -1.95. The second kappa shape index (κ2) is 7.58. The maximum Gasteiger partial charge on any atom is 0.264 e. The maximum absolute atomic E-state index is 8.84. The number of rotatable bonds is 5. The van der Waals surface area contributed by atoms with Crippen molar-refractivity contribution in [3.63, 3.8) is 0 Å². The fourth-order valence-electron chi connectivity index (χ4n) is 2.12. The normalized spacial score (nSPS) is 9.68. The van der Waals surface area contributed by atoms with E-state index in [0.29, 0.717) is 17.3 Å². The summed E-state index contributed by atoms with van der Waals surface area (Å²) in [6.45, 7) is 0.170. The summed E-state index contributed by atoms with van der Waals surface area (Å²) >= 11 is 0. The first-order valence-corrected chi connectivity index (χ1v) is 7.41. The summed E-state index contributed by atoms with van der Waals surface area (Å²) in [4.78, 5) is 4.30. The highest BCUT2D eigenvalue weighted by atomic mass is 16.5. The summed E-state index contributed by atoms with van der Waals surface area (Å²) < 4.78 is 10.8. The first-order valence-electron chi connectivity index (χ1n) is 7.41. The maximum atomic E-state index is 8.84. The molecule has 0 unspecified atom stereocenters. The fraction of sp³-hybridized carbons (Fsp3) is 0.0526. The van der Waals surface area contributed by atoms with Crippen molar-refractivity contribution in [1.82, 2.24) is 10.1 Å². The minimum Gasteiger partial charge on any atom is -0.484 e. The molecule has 0 saturated carbocycles. The number of hydrogen-bond donors (Lipinski definition) is 0. The van der Waals surface area contributed by atoms with Crippen molar-refractivity contribution < 1.29 is 9.26 Å². The summed E-state index contributed by atoms with van der Waals surface area (Å²) in [7, 11) is 0. The lowest BCUT2D eigenvalue weighted by atomic mass is 10.1. The van der Waals surface area contributed by atoms with Crippen LogP contribution in [0.1, 0.15) is 11.5 Å². The Bertz CT molecular complexity index is 962. The van der Waals surface area contributed by atoms with Crippen LogP contribution < -0.4 is 4.74 Å². The van der Waals surface area contributed by atoms with Crippen LogP contribution in [-0.4, -0.2) is 10.1 Å². The summed E-state index contributed by atoms with van der Waals surface area (Å²) in [5, 5.41) is 21.6. The van der Waals surface area contributed by atoms with Gasteiger partial charge in [-0.2, -0.15) is 15.5 Å². The molecule has 1 heterocycles. The lowest BCUT2D eigenvalue weighted by molar-refractivity contribution is 0.243. The molecule has 6 heteroatoms. The smallest absolute Gasteiger partial charge is 0.264 e. The molecule has 0 amide bonds. The third kappa shape index (κ3) is 4.10. The van der Waals surface area contributed by atoms with Crippen LogP contribution >= 0.6 is 0 Å². The molecule has 6 nitrogen and oxygen atoms in total. The largest absolute Gasteiger partial charge is 0.484 e. The molecular formula is C19H12N4O2. The minimum atomic E-state index is 0.0298. The van der Waals surface area contributed by atoms with Crippen LogP contribution in [0.15, 0.2) is 64.7 Å². The van der Waals surface area contributed by atoms with Crippen molar-refractivity contribution in [3.05, 3.63) is 71.6 Å². The molecule has 120 valence electrons. The van der Waals surface area contributed by atoms with Crippen molar-refractivity contribution in [2.24, 2.45) is 0 Å². The van der Waals surface area contributed by atoms with Gasteiger partial charge in [0.2, 0.25) is 5.82 Å². The number of nitrogens with zero attached hydrogens (tertiary/aromatic N) is 4. The number of benzene rings is 2. The monoisotopic (exact) mass is 328 g/mol. The Morgan fingerprint density at radius 2 is 1.88 bits per heavy atom. The van der Waals surface area contributed by atoms with Crippen molar-refractivity contribution in [3.8, 4) is 29.3 Å². The third-order valence-electron chi connectivity index (χ3n) is 3.27. The average molecular weight is 328 g/mol. The Morgan fingerprint density at radius 3 is 2.64 bits per heavy atom. The van der Waals surface area contributed by atoms with E-state index in [1.165, 1.54) is 6.08 Å². The molecular weight excluding hydrogens is 316 g/mol. The molecule has 0 aliphatic carbocycles. The van der Waals surface area contributed by atoms with Crippen molar-refractivity contribution >= 4 is 6.08 Å². The Kier molecular flexibility index (Phi) is 4.84. The highest BCUT2D eigenvalue weighted by molar-refractivity contribution is 5.66. The number of aromatic nitrogens is 2. The van der Waals surface area contributed by atoms with E-state index in [-0.39, 0.29) is 12.2 Å². The predicted molar refractivity (Wildman–Crippen MR) is 89.7 cm³/mol. The Hall–Kier alpha value is -3.90. The van der Waals surface area contributed by atoms with Gasteiger partial charge < -0.3 is 9.26 Å². The van der Waals surface area contributed by atoms with Crippen LogP contribution in [0, 0.1) is 22.7 Å². The van der Waals surface area contributed by atoms with E-state index in [9.17, 15) is 0 Å². The van der Waals surface area contributed by atoms with Crippen LogP contribution in [0.25, 0.3) is 17.5 Å². The van der Waals surface area contributed by atoms with Crippen LogP contribution in [0.5, 0.6) is 5.75 Å². The van der Waals surface area contributed by atoms with Gasteiger partial charge in [0.1, 0.15) is 23.5 Å². The molecule has 0 atom stereocenters. The zero-order valence-corrected chi connectivity index (χ0v) is 13.1. The van der Waals surface area contributed by atoms with Gasteiger partial charge >= 0.3 is 0 Å². The standard InChI is InChI=1S/C19H12N4O2/c20-11-15(12-21)9-14-5-4-6-16(10-14)19-22-18(25-23-19)13-24-17-7-2-1-3-8-17/h1-10H,13H2. The highest BCUT2D eigenvalue weighted by Gasteiger charge is 2.09. The van der Waals surface area contributed by atoms with E-state index in [0.717, 1.165) is 11.3 Å². The van der Waals surface area contributed by atoms with E-state index < -0.39 is 0 Å². The average Bonchev–Trinajstić information content (AvgIpc) is 3.15. The van der Waals surface area contributed by atoms with Gasteiger partial charge in [-0.15, -0.1) is 0 Å². The molecule has 0 saturated heterocycles. The number of hydrogen-bond acceptors (Lipinski definition) is 6. The van der Waals surface area contributed by atoms with Gasteiger partial charge in [-0.25, -0.2) is 0 Å². The van der Waals surface area contributed by atoms with E-state index >= 15 is 0 Å². The van der Waals surface area contributed by atoms with Gasteiger partial charge in [-0.3, -0.25) is 0 Å². The van der Waals surface area contributed by atoms with E-state index in [1.807, 2.05) is 48.5 Å². The van der Waals surface area contributed by atoms with Crippen molar-refractivity contribution in [1.29, 1.82) is 10.5 Å². The number of allylic oxidation sites excluding steroid dienone is 1. The molecule has 0 N–H and O–H groups in total. The predicted octanol–water partition coefficient (Wildman–Crippen LogP) is 3.75. The second-order valence-corrected chi connectivity index (χ2v) is 5.02. The van der Waals surface area contributed by atoms with Crippen LogP contribution in [0.2, 0.25) is 0 Å². The Labute approximate surface area is 144 Å². The van der Waals surface area contributed by atoms with E-state index in [2.05, 4.69) is 10.1 Å². The molecule has 0 fully saturated rings. The number of para-hydroxylation sites is 1. The lowest BCUT2D eigenvalue weighted by Gasteiger charge is -2.01. The SMILES string of the molecule is N#CC(C#N)=Cc1cccc(-c2noc(COc3ccccc3)n2)c1. The van der Waals surface area contributed by atoms with Crippen LogP contribution in [-0.2, 0) is 6.61 Å². The first kappa shape index (κ1) is 16.0. The molecule has 3 rings (SSSR count). The summed E-state index contributed by atoms with van der Waals surface area (Å²) in [6, 6.07) is 20.2. The zero-order chi connectivity index (χ0) is 17.5. The summed E-state index contributed by atoms with van der Waals surface area (Å²) in [5.74, 6) is 1.49. The molecule has 2 aromatic carbocycles. The molecule has 0 radical (unpaired) electrons. The van der Waals surface area contributed by atoms with E-state index in [4.69, 9.17) is 19.8 Å². The van der Waals surface area contributed by atoms with Gasteiger partial charge in [0.05, 0.1) is 0 Å². The molecule has 25 heavy (non-hydrogen) atoms. The Balaban J connectivity index is 1.75. The summed E-state index contributed by atoms with van der Waals surface area (Å²) in [6.07, 6.45) is 1.50. The van der Waals surface area contributed by atoms with Crippen LogP contribution in [0.3, 0.4) is 0 Å². The van der Waals surface area contributed by atoms with Gasteiger partial charge in [0.15, 0.2) is 6.61 Å². The van der Waals surface area contributed by atoms with E-state index in [1.54, 1.807) is 18.2 Å². The van der Waals surface area contributed by atoms with Gasteiger partial charge in [0.25, 0.3) is 5.89 Å². The quantitative estimate of drug-likeness (QED) is 0.662. The van der Waals surface area contributed by atoms with Gasteiger partial charge in [-0.1, -0.05) is 41.6 Å². The van der Waals surface area contributed by atoms with Crippen molar-refractivity contribution in [2.75, 3.05) is 0 Å². The fourth-order valence-corrected chi connectivity index (χ4v) is 2.12. The second-order valence-electron chi connectivity index (χ2n) is 5.02. The zero-order valence-electron chi connectivity index (χ0n) is 13.1. The van der Waals surface area contributed by atoms with Crippen LogP contribution in [0.4, 0.5) is 0 Å². The number of nitriles is 2. The highest BCUT2D eigenvalue weighted by Crippen LogP contribution is 2.19. The van der Waals surface area contributed by atoms with Gasteiger partial charge in [0, 0.05) is 5.56 Å². The Morgan fingerprint density at radius 1 is 1.08 bits per heavy atom. The molecule has 0 bridgehead atoms. The topological polar surface area (TPSA) is 95.7 Å². The molecule has 0 aliphatic rings. The van der Waals surface area contributed by atoms with Gasteiger partial charge in [-0.05, 0) is 29.8 Å². The molecule has 1 aromatic heterocycles. The third-order valence-corrected chi connectivity index (χ3v) is 3.27. The molecule has 3 aromatic rings. The number of ether oxygens (including phenoxy) is 1. The molecule has 0 aliphatic heterocycles. The van der Waals surface area contributed by atoms with Crippen molar-refractivity contribution in [2.45, 2.75) is 6.61 Å².